The average molecular weight is 280 g/mol. The second-order valence-electron chi connectivity index (χ2n) is 4.67. The summed E-state index contributed by atoms with van der Waals surface area (Å²) in [5.41, 5.74) is 9.25. The zero-order valence-corrected chi connectivity index (χ0v) is 10.7. The molecular weight excluding hydrogens is 264 g/mol. The fourth-order valence-electron chi connectivity index (χ4n) is 2.31. The van der Waals surface area contributed by atoms with E-state index in [-0.39, 0.29) is 31.0 Å². The Kier molecular flexibility index (Phi) is 3.67. The first-order valence-electron chi connectivity index (χ1n) is 5.99. The quantitative estimate of drug-likeness (QED) is 0.481. The normalized spacial score (nSPS) is 29.2. The van der Waals surface area contributed by atoms with Gasteiger partial charge in [0, 0.05) is 12.6 Å². The van der Waals surface area contributed by atoms with Crippen LogP contribution in [0.4, 0.5) is 11.5 Å². The third kappa shape index (κ3) is 2.22. The van der Waals surface area contributed by atoms with Crippen LogP contribution < -0.4 is 17.2 Å². The molecule has 1 aromatic heterocycles. The zero-order chi connectivity index (χ0) is 14.9. The van der Waals surface area contributed by atoms with Crippen molar-refractivity contribution in [3.8, 4) is 12.3 Å². The Bertz CT molecular complexity index is 608. The van der Waals surface area contributed by atoms with Crippen LogP contribution >= 0.6 is 0 Å². The van der Waals surface area contributed by atoms with Crippen molar-refractivity contribution >= 4 is 11.5 Å². The molecule has 1 aromatic rings. The van der Waals surface area contributed by atoms with Crippen LogP contribution in [0.15, 0.2) is 11.0 Å². The lowest BCUT2D eigenvalue weighted by Crippen LogP contribution is -2.42. The summed E-state index contributed by atoms with van der Waals surface area (Å²) in [4.78, 5) is 15.6. The van der Waals surface area contributed by atoms with Crippen molar-refractivity contribution in [1.29, 1.82) is 0 Å². The maximum absolute atomic E-state index is 12.0. The minimum atomic E-state index is -1.28. The SMILES string of the molecule is C#CC[C@]1(n2cc(N)c(N)nc2=O)C[C@H](O)[C@@H](CO)O1. The van der Waals surface area contributed by atoms with Crippen LogP contribution in [0.5, 0.6) is 0 Å². The number of rotatable bonds is 3. The molecule has 2 heterocycles. The smallest absolute Gasteiger partial charge is 0.352 e. The molecule has 0 unspecified atom stereocenters. The predicted molar refractivity (Wildman–Crippen MR) is 71.3 cm³/mol. The fraction of sp³-hybridized carbons (Fsp3) is 0.500. The van der Waals surface area contributed by atoms with Gasteiger partial charge in [0.05, 0.1) is 24.8 Å². The number of aliphatic hydroxyl groups is 2. The molecule has 1 aliphatic rings. The van der Waals surface area contributed by atoms with Crippen molar-refractivity contribution in [3.63, 3.8) is 0 Å². The Morgan fingerprint density at radius 3 is 2.90 bits per heavy atom. The highest BCUT2D eigenvalue weighted by atomic mass is 16.6. The number of nitrogen functional groups attached to an aromatic ring is 2. The number of nitrogens with zero attached hydrogens (tertiary/aromatic N) is 2. The van der Waals surface area contributed by atoms with Gasteiger partial charge in [0.15, 0.2) is 11.5 Å². The molecular formula is C12H16N4O4. The zero-order valence-electron chi connectivity index (χ0n) is 10.7. The van der Waals surface area contributed by atoms with Gasteiger partial charge < -0.3 is 26.4 Å². The highest BCUT2D eigenvalue weighted by molar-refractivity contribution is 5.55. The van der Waals surface area contributed by atoms with E-state index in [1.807, 2.05) is 0 Å². The second kappa shape index (κ2) is 5.13. The van der Waals surface area contributed by atoms with Crippen LogP contribution in [0.2, 0.25) is 0 Å². The number of hydrogen-bond acceptors (Lipinski definition) is 7. The predicted octanol–water partition coefficient (Wildman–Crippen LogP) is -1.77. The average Bonchev–Trinajstić information content (AvgIpc) is 2.71. The highest BCUT2D eigenvalue weighted by Crippen LogP contribution is 2.37. The molecule has 3 atom stereocenters. The first-order valence-corrected chi connectivity index (χ1v) is 5.99. The van der Waals surface area contributed by atoms with Crippen molar-refractivity contribution in [2.45, 2.75) is 30.8 Å². The number of hydrogen-bond donors (Lipinski definition) is 4. The van der Waals surface area contributed by atoms with Gasteiger partial charge in [-0.2, -0.15) is 4.98 Å². The fourth-order valence-corrected chi connectivity index (χ4v) is 2.31. The number of aromatic nitrogens is 2. The minimum absolute atomic E-state index is 0.0193. The number of terminal acetylenes is 1. The monoisotopic (exact) mass is 280 g/mol. The molecule has 0 radical (unpaired) electrons. The molecule has 0 spiro atoms. The number of ether oxygens (including phenoxy) is 1. The molecule has 6 N–H and O–H groups in total. The summed E-state index contributed by atoms with van der Waals surface area (Å²) < 4.78 is 6.72. The summed E-state index contributed by atoms with van der Waals surface area (Å²) in [6.45, 7) is -0.389. The van der Waals surface area contributed by atoms with Crippen LogP contribution in [-0.2, 0) is 10.5 Å². The van der Waals surface area contributed by atoms with Gasteiger partial charge in [-0.25, -0.2) is 4.79 Å². The summed E-state index contributed by atoms with van der Waals surface area (Å²) in [5.74, 6) is 2.31. The van der Waals surface area contributed by atoms with Gasteiger partial charge >= 0.3 is 5.69 Å². The molecule has 8 nitrogen and oxygen atoms in total. The molecule has 1 saturated heterocycles. The van der Waals surface area contributed by atoms with E-state index in [0.717, 1.165) is 4.57 Å². The van der Waals surface area contributed by atoms with E-state index in [2.05, 4.69) is 10.9 Å². The van der Waals surface area contributed by atoms with Crippen molar-refractivity contribution in [2.75, 3.05) is 18.1 Å². The van der Waals surface area contributed by atoms with E-state index in [1.54, 1.807) is 0 Å². The Morgan fingerprint density at radius 1 is 1.65 bits per heavy atom. The number of anilines is 2. The Hall–Kier alpha value is -2.08. The van der Waals surface area contributed by atoms with Crippen LogP contribution in [0.3, 0.4) is 0 Å². The van der Waals surface area contributed by atoms with Gasteiger partial charge in [-0.3, -0.25) is 4.57 Å². The molecule has 0 aromatic carbocycles. The van der Waals surface area contributed by atoms with Crippen LogP contribution in [-0.4, -0.2) is 38.6 Å². The molecule has 1 fully saturated rings. The summed E-state index contributed by atoms with van der Waals surface area (Å²) in [5, 5.41) is 19.0. The number of nitrogens with two attached hydrogens (primary N) is 2. The third-order valence-electron chi connectivity index (χ3n) is 3.31. The van der Waals surface area contributed by atoms with Gasteiger partial charge in [0.2, 0.25) is 0 Å². The van der Waals surface area contributed by atoms with Crippen LogP contribution in [0.1, 0.15) is 12.8 Å². The topological polar surface area (TPSA) is 137 Å². The summed E-state index contributed by atoms with van der Waals surface area (Å²) >= 11 is 0. The second-order valence-corrected chi connectivity index (χ2v) is 4.67. The van der Waals surface area contributed by atoms with Crippen molar-refractivity contribution in [1.82, 2.24) is 9.55 Å². The van der Waals surface area contributed by atoms with Gasteiger partial charge in [0.25, 0.3) is 0 Å². The lowest BCUT2D eigenvalue weighted by Gasteiger charge is -2.29. The van der Waals surface area contributed by atoms with Crippen LogP contribution in [0.25, 0.3) is 0 Å². The lowest BCUT2D eigenvalue weighted by molar-refractivity contribution is -0.116. The Morgan fingerprint density at radius 2 is 2.35 bits per heavy atom. The molecule has 20 heavy (non-hydrogen) atoms. The molecule has 0 bridgehead atoms. The van der Waals surface area contributed by atoms with Gasteiger partial charge in [-0.1, -0.05) is 0 Å². The van der Waals surface area contributed by atoms with Gasteiger partial charge in [-0.15, -0.1) is 12.3 Å². The first kappa shape index (κ1) is 14.3. The molecule has 8 heteroatoms. The molecule has 2 rings (SSSR count). The third-order valence-corrected chi connectivity index (χ3v) is 3.31. The van der Waals surface area contributed by atoms with E-state index in [0.29, 0.717) is 0 Å². The van der Waals surface area contributed by atoms with Crippen LogP contribution in [0, 0.1) is 12.3 Å². The maximum Gasteiger partial charge on any atom is 0.352 e. The Labute approximate surface area is 115 Å². The van der Waals surface area contributed by atoms with E-state index in [9.17, 15) is 9.90 Å². The van der Waals surface area contributed by atoms with E-state index < -0.39 is 23.6 Å². The van der Waals surface area contributed by atoms with Crippen molar-refractivity contribution < 1.29 is 14.9 Å². The molecule has 0 saturated carbocycles. The highest BCUT2D eigenvalue weighted by Gasteiger charge is 2.47. The van der Waals surface area contributed by atoms with E-state index in [1.165, 1.54) is 6.20 Å². The minimum Gasteiger partial charge on any atom is -0.395 e. The molecule has 1 aliphatic heterocycles. The summed E-state index contributed by atoms with van der Waals surface area (Å²) in [6.07, 6.45) is 4.90. The van der Waals surface area contributed by atoms with E-state index >= 15 is 0 Å². The largest absolute Gasteiger partial charge is 0.395 e. The van der Waals surface area contributed by atoms with Crippen molar-refractivity contribution in [3.05, 3.63) is 16.7 Å². The Balaban J connectivity index is 2.53. The first-order chi connectivity index (χ1) is 9.43. The molecule has 0 aliphatic carbocycles. The molecule has 0 amide bonds. The van der Waals surface area contributed by atoms with Crippen molar-refractivity contribution in [2.24, 2.45) is 0 Å². The lowest BCUT2D eigenvalue weighted by atomic mass is 10.0. The van der Waals surface area contributed by atoms with Gasteiger partial charge in [-0.05, 0) is 0 Å². The summed E-state index contributed by atoms with van der Waals surface area (Å²) in [6, 6.07) is 0. The molecule has 108 valence electrons. The standard InChI is InChI=1S/C12H16N4O4/c1-2-3-12(4-8(18)9(6-17)20-12)16-5-7(13)10(14)15-11(16)19/h1,5,8-9,17-18H,3-4,6,13H2,(H2,14,15,19)/t8-,9+,12+/m0/s1. The van der Waals surface area contributed by atoms with Gasteiger partial charge in [0.1, 0.15) is 6.10 Å². The summed E-state index contributed by atoms with van der Waals surface area (Å²) in [7, 11) is 0. The maximum atomic E-state index is 12.0. The van der Waals surface area contributed by atoms with E-state index in [4.69, 9.17) is 27.7 Å². The number of aliphatic hydroxyl groups excluding tert-OH is 2.